The number of thiophene rings is 1. The Balaban J connectivity index is 2.65. The standard InChI is InChI=1S/C13H14N2O6S2/c1-15(7-9(16)20-2)23(18,19)11-8-5-4-6-14-12(8)22-10(11)13(17)21-3/h4-6H,7H2,1-3H3. The molecule has 8 nitrogen and oxygen atoms in total. The second kappa shape index (κ2) is 6.60. The number of rotatable bonds is 5. The van der Waals surface area contributed by atoms with E-state index in [1.807, 2.05) is 0 Å². The minimum Gasteiger partial charge on any atom is -0.468 e. The molecule has 0 N–H and O–H groups in total. The van der Waals surface area contributed by atoms with E-state index >= 15 is 0 Å². The number of sulfonamides is 1. The van der Waals surface area contributed by atoms with E-state index in [1.165, 1.54) is 13.2 Å². The topological polar surface area (TPSA) is 103 Å². The van der Waals surface area contributed by atoms with Gasteiger partial charge in [-0.05, 0) is 12.1 Å². The highest BCUT2D eigenvalue weighted by atomic mass is 32.2. The van der Waals surface area contributed by atoms with Gasteiger partial charge in [0.1, 0.15) is 21.1 Å². The van der Waals surface area contributed by atoms with Gasteiger partial charge in [0.25, 0.3) is 0 Å². The molecule has 0 amide bonds. The molecule has 0 radical (unpaired) electrons. The van der Waals surface area contributed by atoms with Crippen LogP contribution in [0.15, 0.2) is 23.2 Å². The number of carbonyl (C=O) groups is 2. The number of hydrogen-bond acceptors (Lipinski definition) is 8. The van der Waals surface area contributed by atoms with Gasteiger partial charge in [-0.15, -0.1) is 11.3 Å². The summed E-state index contributed by atoms with van der Waals surface area (Å²) >= 11 is 0.918. The van der Waals surface area contributed by atoms with E-state index in [9.17, 15) is 18.0 Å². The van der Waals surface area contributed by atoms with Crippen molar-refractivity contribution in [3.63, 3.8) is 0 Å². The highest BCUT2D eigenvalue weighted by Crippen LogP contribution is 2.35. The normalized spacial score (nSPS) is 11.7. The van der Waals surface area contributed by atoms with Gasteiger partial charge in [-0.3, -0.25) is 4.79 Å². The molecule has 2 aromatic heterocycles. The quantitative estimate of drug-likeness (QED) is 0.731. The summed E-state index contributed by atoms with van der Waals surface area (Å²) in [5.74, 6) is -1.49. The maximum Gasteiger partial charge on any atom is 0.349 e. The van der Waals surface area contributed by atoms with Crippen LogP contribution in [0.1, 0.15) is 9.67 Å². The molecule has 0 spiro atoms. The van der Waals surface area contributed by atoms with Crippen LogP contribution in [0, 0.1) is 0 Å². The largest absolute Gasteiger partial charge is 0.468 e. The zero-order valence-corrected chi connectivity index (χ0v) is 14.2. The Morgan fingerprint density at radius 2 is 2.00 bits per heavy atom. The summed E-state index contributed by atoms with van der Waals surface area (Å²) in [4.78, 5) is 27.4. The molecule has 0 aliphatic carbocycles. The minimum absolute atomic E-state index is 0.0853. The average molecular weight is 358 g/mol. The number of carbonyl (C=O) groups excluding carboxylic acids is 2. The lowest BCUT2D eigenvalue weighted by Gasteiger charge is -2.16. The van der Waals surface area contributed by atoms with Crippen LogP contribution in [0.4, 0.5) is 0 Å². The number of esters is 2. The van der Waals surface area contributed by atoms with E-state index in [1.54, 1.807) is 12.1 Å². The van der Waals surface area contributed by atoms with E-state index in [2.05, 4.69) is 14.5 Å². The predicted octanol–water partition coefficient (Wildman–Crippen LogP) is 0.876. The predicted molar refractivity (Wildman–Crippen MR) is 82.8 cm³/mol. The summed E-state index contributed by atoms with van der Waals surface area (Å²) in [5.41, 5.74) is 0. The Kier molecular flexibility index (Phi) is 4.97. The lowest BCUT2D eigenvalue weighted by Crippen LogP contribution is -2.33. The molecule has 23 heavy (non-hydrogen) atoms. The fraction of sp³-hybridized carbons (Fsp3) is 0.308. The molecule has 0 bridgehead atoms. The number of hydrogen-bond donors (Lipinski definition) is 0. The van der Waals surface area contributed by atoms with Crippen molar-refractivity contribution < 1.29 is 27.5 Å². The summed E-state index contributed by atoms with van der Waals surface area (Å²) in [6.45, 7) is -0.475. The van der Waals surface area contributed by atoms with Gasteiger partial charge in [0, 0.05) is 18.6 Å². The molecule has 2 heterocycles. The molecule has 2 rings (SSSR count). The fourth-order valence-electron chi connectivity index (χ4n) is 1.88. The van der Waals surface area contributed by atoms with Crippen molar-refractivity contribution in [2.24, 2.45) is 0 Å². The Labute approximate surface area is 136 Å². The zero-order chi connectivity index (χ0) is 17.2. The van der Waals surface area contributed by atoms with Gasteiger partial charge in [0.2, 0.25) is 10.0 Å². The van der Waals surface area contributed by atoms with Gasteiger partial charge in [0.05, 0.1) is 14.2 Å². The highest BCUT2D eigenvalue weighted by molar-refractivity contribution is 7.89. The Morgan fingerprint density at radius 1 is 1.30 bits per heavy atom. The van der Waals surface area contributed by atoms with Gasteiger partial charge < -0.3 is 9.47 Å². The second-order valence-electron chi connectivity index (χ2n) is 4.45. The van der Waals surface area contributed by atoms with Crippen LogP contribution in [0.2, 0.25) is 0 Å². The van der Waals surface area contributed by atoms with E-state index in [4.69, 9.17) is 0 Å². The van der Waals surface area contributed by atoms with Crippen LogP contribution >= 0.6 is 11.3 Å². The van der Waals surface area contributed by atoms with Crippen molar-refractivity contribution in [1.82, 2.24) is 9.29 Å². The number of methoxy groups -OCH3 is 2. The van der Waals surface area contributed by atoms with Crippen LogP contribution in [-0.2, 0) is 24.3 Å². The molecular formula is C13H14N2O6S2. The van der Waals surface area contributed by atoms with Crippen LogP contribution in [0.3, 0.4) is 0 Å². The maximum atomic E-state index is 12.8. The summed E-state index contributed by atoms with van der Waals surface area (Å²) in [5, 5.41) is 0.301. The van der Waals surface area contributed by atoms with Crippen LogP contribution in [-0.4, -0.2) is 57.5 Å². The van der Waals surface area contributed by atoms with Crippen molar-refractivity contribution >= 4 is 43.5 Å². The molecular weight excluding hydrogens is 344 g/mol. The van der Waals surface area contributed by atoms with Crippen molar-refractivity contribution in [2.75, 3.05) is 27.8 Å². The third-order valence-electron chi connectivity index (χ3n) is 3.04. The smallest absolute Gasteiger partial charge is 0.349 e. The number of nitrogens with zero attached hydrogens (tertiary/aromatic N) is 2. The van der Waals surface area contributed by atoms with Gasteiger partial charge in [-0.1, -0.05) is 0 Å². The van der Waals surface area contributed by atoms with Crippen molar-refractivity contribution in [1.29, 1.82) is 0 Å². The monoisotopic (exact) mass is 358 g/mol. The molecule has 0 fully saturated rings. The first-order valence-corrected chi connectivity index (χ1v) is 8.57. The van der Waals surface area contributed by atoms with E-state index in [0.29, 0.717) is 10.2 Å². The van der Waals surface area contributed by atoms with Gasteiger partial charge in [-0.25, -0.2) is 18.2 Å². The Bertz CT molecular complexity index is 858. The van der Waals surface area contributed by atoms with Crippen LogP contribution < -0.4 is 0 Å². The van der Waals surface area contributed by atoms with E-state index < -0.39 is 28.5 Å². The molecule has 0 aliphatic heterocycles. The van der Waals surface area contributed by atoms with Crippen LogP contribution in [0.25, 0.3) is 10.2 Å². The molecule has 0 atom stereocenters. The average Bonchev–Trinajstić information content (AvgIpc) is 2.93. The van der Waals surface area contributed by atoms with E-state index in [0.717, 1.165) is 29.9 Å². The molecule has 0 aliphatic rings. The van der Waals surface area contributed by atoms with Crippen molar-refractivity contribution in [2.45, 2.75) is 4.90 Å². The molecule has 0 saturated heterocycles. The third kappa shape index (κ3) is 3.19. The van der Waals surface area contributed by atoms with Crippen LogP contribution in [0.5, 0.6) is 0 Å². The first-order valence-electron chi connectivity index (χ1n) is 6.32. The number of likely N-dealkylation sites (N-methyl/N-ethyl adjacent to an activating group) is 1. The Hall–Kier alpha value is -2.04. The van der Waals surface area contributed by atoms with E-state index in [-0.39, 0.29) is 9.77 Å². The SMILES string of the molecule is COC(=O)CN(C)S(=O)(=O)c1c(C(=O)OC)sc2ncccc12. The zero-order valence-electron chi connectivity index (χ0n) is 12.6. The maximum absolute atomic E-state index is 12.8. The summed E-state index contributed by atoms with van der Waals surface area (Å²) in [6.07, 6.45) is 1.49. The molecule has 2 aromatic rings. The lowest BCUT2D eigenvalue weighted by molar-refractivity contribution is -0.140. The summed E-state index contributed by atoms with van der Waals surface area (Å²) < 4.78 is 35.5. The number of fused-ring (bicyclic) bond motifs is 1. The molecule has 0 saturated carbocycles. The van der Waals surface area contributed by atoms with Crippen molar-refractivity contribution in [3.8, 4) is 0 Å². The fourth-order valence-corrected chi connectivity index (χ4v) is 4.69. The minimum atomic E-state index is -4.11. The number of pyridine rings is 1. The summed E-state index contributed by atoms with van der Waals surface area (Å²) in [7, 11) is -0.561. The van der Waals surface area contributed by atoms with Gasteiger partial charge in [0.15, 0.2) is 0 Å². The van der Waals surface area contributed by atoms with Gasteiger partial charge in [-0.2, -0.15) is 4.31 Å². The lowest BCUT2D eigenvalue weighted by atomic mass is 10.3. The molecule has 124 valence electrons. The molecule has 0 aromatic carbocycles. The number of ether oxygens (including phenoxy) is 2. The van der Waals surface area contributed by atoms with Gasteiger partial charge >= 0.3 is 11.9 Å². The third-order valence-corrected chi connectivity index (χ3v) is 6.15. The highest BCUT2D eigenvalue weighted by Gasteiger charge is 2.33. The molecule has 10 heteroatoms. The van der Waals surface area contributed by atoms with Crippen molar-refractivity contribution in [3.05, 3.63) is 23.2 Å². The number of aromatic nitrogens is 1. The molecule has 0 unspecified atom stereocenters. The second-order valence-corrected chi connectivity index (χ2v) is 7.43. The Morgan fingerprint density at radius 3 is 2.61 bits per heavy atom. The summed E-state index contributed by atoms with van der Waals surface area (Å²) in [6, 6.07) is 3.11. The first-order chi connectivity index (χ1) is 10.8. The first kappa shape index (κ1) is 17.3.